The molecule has 0 spiro atoms. The van der Waals surface area contributed by atoms with Crippen molar-refractivity contribution in [1.82, 2.24) is 0 Å². The molecule has 21 heavy (non-hydrogen) atoms. The van der Waals surface area contributed by atoms with Gasteiger partial charge in [0, 0.05) is 23.4 Å². The van der Waals surface area contributed by atoms with Gasteiger partial charge in [0.2, 0.25) is 0 Å². The molecule has 0 amide bonds. The van der Waals surface area contributed by atoms with Crippen LogP contribution < -0.4 is 5.73 Å². The zero-order chi connectivity index (χ0) is 15.4. The number of benzene rings is 2. The van der Waals surface area contributed by atoms with Crippen LogP contribution in [0.25, 0.3) is 6.08 Å². The number of rotatable bonds is 4. The maximum atomic E-state index is 13.1. The van der Waals surface area contributed by atoms with Gasteiger partial charge in [0.05, 0.1) is 4.92 Å². The lowest BCUT2D eigenvalue weighted by Gasteiger charge is -2.01. The number of hydrogen-bond acceptors (Lipinski definition) is 4. The molecule has 6 heteroatoms. The van der Waals surface area contributed by atoms with E-state index >= 15 is 0 Å². The molecule has 0 radical (unpaired) electrons. The van der Waals surface area contributed by atoms with Crippen LogP contribution in [0.15, 0.2) is 48.5 Å². The van der Waals surface area contributed by atoms with E-state index in [1.54, 1.807) is 6.07 Å². The molecule has 106 valence electrons. The standard InChI is InChI=1S/C15H11FN2O3/c16-11-5-6-14(17)13(9-11)15(19)7-4-10-2-1-3-12(8-10)18(20)21/h1-9H,17H2. The maximum Gasteiger partial charge on any atom is 0.270 e. The van der Waals surface area contributed by atoms with Gasteiger partial charge in [-0.2, -0.15) is 0 Å². The number of nitrogen functional groups attached to an aromatic ring is 1. The van der Waals surface area contributed by atoms with Crippen LogP contribution in [0.4, 0.5) is 15.8 Å². The summed E-state index contributed by atoms with van der Waals surface area (Å²) in [7, 11) is 0. The van der Waals surface area contributed by atoms with Gasteiger partial charge >= 0.3 is 0 Å². The van der Waals surface area contributed by atoms with Crippen LogP contribution >= 0.6 is 0 Å². The fourth-order valence-corrected chi connectivity index (χ4v) is 1.75. The Morgan fingerprint density at radius 3 is 2.71 bits per heavy atom. The fourth-order valence-electron chi connectivity index (χ4n) is 1.75. The summed E-state index contributed by atoms with van der Waals surface area (Å²) in [4.78, 5) is 22.1. The second-order valence-electron chi connectivity index (χ2n) is 4.28. The average Bonchev–Trinajstić information content (AvgIpc) is 2.47. The molecule has 2 rings (SSSR count). The minimum Gasteiger partial charge on any atom is -0.398 e. The first-order valence-corrected chi connectivity index (χ1v) is 5.99. The molecule has 2 N–H and O–H groups in total. The number of nitro groups is 1. The van der Waals surface area contributed by atoms with E-state index in [0.717, 1.165) is 12.1 Å². The zero-order valence-corrected chi connectivity index (χ0v) is 10.8. The van der Waals surface area contributed by atoms with E-state index in [1.807, 2.05) is 0 Å². The summed E-state index contributed by atoms with van der Waals surface area (Å²) in [5.41, 5.74) is 6.26. The minimum absolute atomic E-state index is 0.0525. The summed E-state index contributed by atoms with van der Waals surface area (Å²) in [5.74, 6) is -1.03. The third kappa shape index (κ3) is 3.50. The molecule has 0 aliphatic rings. The monoisotopic (exact) mass is 286 g/mol. The molecule has 2 aromatic rings. The Labute approximate surface area is 119 Å². The van der Waals surface area contributed by atoms with Gasteiger partial charge in [0.15, 0.2) is 5.78 Å². The number of ketones is 1. The van der Waals surface area contributed by atoms with Gasteiger partial charge in [0.1, 0.15) is 5.82 Å². The molecule has 0 saturated heterocycles. The number of anilines is 1. The van der Waals surface area contributed by atoms with E-state index in [1.165, 1.54) is 36.4 Å². The molecule has 0 saturated carbocycles. The molecule has 0 fully saturated rings. The number of carbonyl (C=O) groups is 1. The van der Waals surface area contributed by atoms with Crippen LogP contribution in [-0.4, -0.2) is 10.7 Å². The highest BCUT2D eigenvalue weighted by molar-refractivity contribution is 6.10. The van der Waals surface area contributed by atoms with E-state index in [9.17, 15) is 19.3 Å². The van der Waals surface area contributed by atoms with Gasteiger partial charge in [-0.05, 0) is 29.8 Å². The summed E-state index contributed by atoms with van der Waals surface area (Å²) in [5, 5.41) is 10.7. The number of carbonyl (C=O) groups excluding carboxylic acids is 1. The lowest BCUT2D eigenvalue weighted by molar-refractivity contribution is -0.384. The topological polar surface area (TPSA) is 86.2 Å². The number of hydrogen-bond donors (Lipinski definition) is 1. The first-order valence-electron chi connectivity index (χ1n) is 5.99. The number of halogens is 1. The number of allylic oxidation sites excluding steroid dienone is 1. The van der Waals surface area contributed by atoms with Gasteiger partial charge in [0.25, 0.3) is 5.69 Å². The maximum absolute atomic E-state index is 13.1. The number of non-ortho nitro benzene ring substituents is 1. The Kier molecular flexibility index (Phi) is 4.08. The third-order valence-corrected chi connectivity index (χ3v) is 2.79. The van der Waals surface area contributed by atoms with Crippen LogP contribution in [0.3, 0.4) is 0 Å². The van der Waals surface area contributed by atoms with Crippen molar-refractivity contribution in [3.8, 4) is 0 Å². The molecule has 0 bridgehead atoms. The Morgan fingerprint density at radius 2 is 2.00 bits per heavy atom. The lowest BCUT2D eigenvalue weighted by atomic mass is 10.1. The van der Waals surface area contributed by atoms with E-state index in [-0.39, 0.29) is 16.9 Å². The van der Waals surface area contributed by atoms with Gasteiger partial charge in [-0.1, -0.05) is 18.2 Å². The third-order valence-electron chi connectivity index (χ3n) is 2.79. The van der Waals surface area contributed by atoms with Gasteiger partial charge in [-0.25, -0.2) is 4.39 Å². The quantitative estimate of drug-likeness (QED) is 0.307. The van der Waals surface area contributed by atoms with Crippen LogP contribution in [-0.2, 0) is 0 Å². The van der Waals surface area contributed by atoms with Crippen molar-refractivity contribution >= 4 is 23.2 Å². The van der Waals surface area contributed by atoms with Gasteiger partial charge in [-0.15, -0.1) is 0 Å². The van der Waals surface area contributed by atoms with E-state index in [2.05, 4.69) is 0 Å². The summed E-state index contributed by atoms with van der Waals surface area (Å²) in [6, 6.07) is 9.34. The highest BCUT2D eigenvalue weighted by atomic mass is 19.1. The van der Waals surface area contributed by atoms with Crippen LogP contribution in [0.2, 0.25) is 0 Å². The second-order valence-corrected chi connectivity index (χ2v) is 4.28. The Morgan fingerprint density at radius 1 is 1.24 bits per heavy atom. The Balaban J connectivity index is 2.24. The van der Waals surface area contributed by atoms with Crippen molar-refractivity contribution in [3.63, 3.8) is 0 Å². The van der Waals surface area contributed by atoms with Gasteiger partial charge in [-0.3, -0.25) is 14.9 Å². The van der Waals surface area contributed by atoms with E-state index < -0.39 is 16.5 Å². The molecular formula is C15H11FN2O3. The number of nitrogens with zero attached hydrogens (tertiary/aromatic N) is 1. The predicted molar refractivity (Wildman–Crippen MR) is 77.3 cm³/mol. The Bertz CT molecular complexity index is 741. The van der Waals surface area contributed by atoms with Crippen LogP contribution in [0.5, 0.6) is 0 Å². The van der Waals surface area contributed by atoms with Gasteiger partial charge < -0.3 is 5.73 Å². The molecule has 0 heterocycles. The summed E-state index contributed by atoms with van der Waals surface area (Å²) >= 11 is 0. The van der Waals surface area contributed by atoms with Crippen molar-refractivity contribution < 1.29 is 14.1 Å². The number of nitrogens with two attached hydrogens (primary N) is 1. The average molecular weight is 286 g/mol. The molecular weight excluding hydrogens is 275 g/mol. The molecule has 0 aliphatic heterocycles. The van der Waals surface area contributed by atoms with E-state index in [0.29, 0.717) is 5.56 Å². The number of nitro benzene ring substituents is 1. The SMILES string of the molecule is Nc1ccc(F)cc1C(=O)C=Cc1cccc([N+](=O)[O-])c1. The predicted octanol–water partition coefficient (Wildman–Crippen LogP) is 3.21. The van der Waals surface area contributed by atoms with Crippen molar-refractivity contribution in [3.05, 3.63) is 75.6 Å². The lowest BCUT2D eigenvalue weighted by Crippen LogP contribution is -2.01. The summed E-state index contributed by atoms with van der Waals surface area (Å²) in [6.45, 7) is 0. The van der Waals surface area contributed by atoms with Crippen molar-refractivity contribution in [2.45, 2.75) is 0 Å². The molecule has 5 nitrogen and oxygen atoms in total. The summed E-state index contributed by atoms with van der Waals surface area (Å²) < 4.78 is 13.1. The van der Waals surface area contributed by atoms with Crippen molar-refractivity contribution in [1.29, 1.82) is 0 Å². The van der Waals surface area contributed by atoms with Crippen LogP contribution in [0, 0.1) is 15.9 Å². The smallest absolute Gasteiger partial charge is 0.270 e. The molecule has 0 aromatic heterocycles. The zero-order valence-electron chi connectivity index (χ0n) is 10.8. The highest BCUT2D eigenvalue weighted by Gasteiger charge is 2.08. The summed E-state index contributed by atoms with van der Waals surface area (Å²) in [6.07, 6.45) is 2.61. The highest BCUT2D eigenvalue weighted by Crippen LogP contribution is 2.17. The first-order chi connectivity index (χ1) is 9.97. The normalized spacial score (nSPS) is 10.7. The first kappa shape index (κ1) is 14.4. The van der Waals surface area contributed by atoms with Crippen LogP contribution in [0.1, 0.15) is 15.9 Å². The minimum atomic E-state index is -0.559. The van der Waals surface area contributed by atoms with Crippen molar-refractivity contribution in [2.75, 3.05) is 5.73 Å². The largest absolute Gasteiger partial charge is 0.398 e. The second kappa shape index (κ2) is 5.96. The molecule has 0 unspecified atom stereocenters. The van der Waals surface area contributed by atoms with Crippen molar-refractivity contribution in [2.24, 2.45) is 0 Å². The molecule has 0 atom stereocenters. The Hall–Kier alpha value is -3.02. The molecule has 2 aromatic carbocycles. The fraction of sp³-hybridized carbons (Fsp3) is 0. The molecule has 0 aliphatic carbocycles. The van der Waals surface area contributed by atoms with E-state index in [4.69, 9.17) is 5.73 Å².